The monoisotopic (exact) mass is 210 g/mol. The van der Waals surface area contributed by atoms with E-state index in [2.05, 4.69) is 38.0 Å². The van der Waals surface area contributed by atoms with Crippen LogP contribution in [-0.2, 0) is 6.42 Å². The maximum Gasteiger partial charge on any atom is 0.183 e. The molecule has 0 radical (unpaired) electrons. The summed E-state index contributed by atoms with van der Waals surface area (Å²) in [5.41, 5.74) is 1.45. The van der Waals surface area contributed by atoms with Gasteiger partial charge in [0, 0.05) is 10.4 Å². The lowest BCUT2D eigenvalue weighted by atomic mass is 10.1. The van der Waals surface area contributed by atoms with Crippen LogP contribution in [0.25, 0.3) is 0 Å². The number of hydrogen-bond acceptors (Lipinski definition) is 3. The number of aromatic nitrogens is 1. The molecule has 1 aliphatic carbocycles. The molecule has 14 heavy (non-hydrogen) atoms. The molecule has 1 unspecified atom stereocenters. The third-order valence-corrected chi connectivity index (χ3v) is 3.53. The second-order valence-electron chi connectivity index (χ2n) is 5.14. The van der Waals surface area contributed by atoms with Crippen molar-refractivity contribution >= 4 is 16.5 Å². The topological polar surface area (TPSA) is 24.9 Å². The Bertz CT molecular complexity index is 336. The van der Waals surface area contributed by atoms with Crippen LogP contribution in [0.1, 0.15) is 50.6 Å². The first-order valence-corrected chi connectivity index (χ1v) is 6.05. The predicted octanol–water partition coefficient (Wildman–Crippen LogP) is 3.40. The number of fused-ring (bicyclic) bond motifs is 1. The van der Waals surface area contributed by atoms with E-state index in [1.54, 1.807) is 0 Å². The molecule has 1 aromatic heterocycles. The zero-order valence-corrected chi connectivity index (χ0v) is 10.2. The van der Waals surface area contributed by atoms with Gasteiger partial charge in [-0.25, -0.2) is 4.98 Å². The van der Waals surface area contributed by atoms with E-state index in [1.807, 2.05) is 11.3 Å². The molecule has 1 aliphatic rings. The fourth-order valence-electron chi connectivity index (χ4n) is 1.79. The zero-order valence-electron chi connectivity index (χ0n) is 9.35. The van der Waals surface area contributed by atoms with Crippen molar-refractivity contribution in [3.05, 3.63) is 10.6 Å². The lowest BCUT2D eigenvalue weighted by Crippen LogP contribution is -2.25. The molecule has 0 spiro atoms. The van der Waals surface area contributed by atoms with E-state index in [0.717, 1.165) is 5.13 Å². The zero-order chi connectivity index (χ0) is 10.3. The van der Waals surface area contributed by atoms with Gasteiger partial charge in [-0.2, -0.15) is 0 Å². The van der Waals surface area contributed by atoms with Gasteiger partial charge in [-0.3, -0.25) is 0 Å². The van der Waals surface area contributed by atoms with Gasteiger partial charge >= 0.3 is 0 Å². The molecule has 1 aromatic rings. The van der Waals surface area contributed by atoms with E-state index in [0.29, 0.717) is 5.92 Å². The lowest BCUT2D eigenvalue weighted by molar-refractivity contribution is 0.631. The third-order valence-electron chi connectivity index (χ3n) is 2.48. The first kappa shape index (κ1) is 9.97. The molecule has 2 nitrogen and oxygen atoms in total. The summed E-state index contributed by atoms with van der Waals surface area (Å²) in [5, 5.41) is 4.53. The number of rotatable bonds is 1. The smallest absolute Gasteiger partial charge is 0.183 e. The molecule has 0 aromatic carbocycles. The standard InChI is InChI=1S/C11H18N2S/c1-7-5-6-8-9(7)12-10(14-8)13-11(2,3)4/h7H,5-6H2,1-4H3,(H,12,13). The van der Waals surface area contributed by atoms with Gasteiger partial charge < -0.3 is 5.32 Å². The maximum atomic E-state index is 4.66. The molecule has 78 valence electrons. The van der Waals surface area contributed by atoms with Gasteiger partial charge in [-0.15, -0.1) is 11.3 Å². The minimum absolute atomic E-state index is 0.120. The van der Waals surface area contributed by atoms with Gasteiger partial charge in [0.05, 0.1) is 5.69 Å². The number of anilines is 1. The highest BCUT2D eigenvalue weighted by Gasteiger charge is 2.24. The van der Waals surface area contributed by atoms with Gasteiger partial charge in [0.2, 0.25) is 0 Å². The van der Waals surface area contributed by atoms with Crippen LogP contribution >= 0.6 is 11.3 Å². The highest BCUT2D eigenvalue weighted by molar-refractivity contribution is 7.15. The molecule has 1 atom stereocenters. The fraction of sp³-hybridized carbons (Fsp3) is 0.727. The Morgan fingerprint density at radius 3 is 2.71 bits per heavy atom. The van der Waals surface area contributed by atoms with E-state index in [-0.39, 0.29) is 5.54 Å². The molecule has 0 fully saturated rings. The second-order valence-corrected chi connectivity index (χ2v) is 6.23. The molecule has 0 bridgehead atoms. The number of aryl methyl sites for hydroxylation is 1. The van der Waals surface area contributed by atoms with Crippen molar-refractivity contribution < 1.29 is 0 Å². The van der Waals surface area contributed by atoms with Gasteiger partial charge in [0.15, 0.2) is 5.13 Å². The largest absolute Gasteiger partial charge is 0.357 e. The Morgan fingerprint density at radius 2 is 2.14 bits per heavy atom. The minimum atomic E-state index is 0.120. The van der Waals surface area contributed by atoms with Crippen LogP contribution in [0.2, 0.25) is 0 Å². The molecule has 0 saturated carbocycles. The summed E-state index contributed by atoms with van der Waals surface area (Å²) in [6.07, 6.45) is 2.50. The average Bonchev–Trinajstić information content (AvgIpc) is 2.51. The van der Waals surface area contributed by atoms with Gasteiger partial charge in [-0.1, -0.05) is 6.92 Å². The van der Waals surface area contributed by atoms with E-state index < -0.39 is 0 Å². The Labute approximate surface area is 89.8 Å². The lowest BCUT2D eigenvalue weighted by Gasteiger charge is -2.19. The Kier molecular flexibility index (Phi) is 2.30. The predicted molar refractivity (Wildman–Crippen MR) is 62.2 cm³/mol. The Balaban J connectivity index is 2.19. The first-order chi connectivity index (χ1) is 6.46. The van der Waals surface area contributed by atoms with Crippen LogP contribution in [-0.4, -0.2) is 10.5 Å². The SMILES string of the molecule is CC1CCc2sc(NC(C)(C)C)nc21. The molecule has 1 heterocycles. The van der Waals surface area contributed by atoms with Crippen LogP contribution in [0.5, 0.6) is 0 Å². The van der Waals surface area contributed by atoms with E-state index >= 15 is 0 Å². The summed E-state index contributed by atoms with van der Waals surface area (Å²) >= 11 is 1.83. The van der Waals surface area contributed by atoms with E-state index in [9.17, 15) is 0 Å². The van der Waals surface area contributed by atoms with Crippen molar-refractivity contribution in [2.75, 3.05) is 5.32 Å². The fourth-order valence-corrected chi connectivity index (χ4v) is 3.09. The highest BCUT2D eigenvalue weighted by Crippen LogP contribution is 2.38. The molecule has 0 amide bonds. The minimum Gasteiger partial charge on any atom is -0.357 e. The summed E-state index contributed by atoms with van der Waals surface area (Å²) in [5.74, 6) is 0.664. The van der Waals surface area contributed by atoms with Crippen LogP contribution in [0.15, 0.2) is 0 Å². The molecule has 1 N–H and O–H groups in total. The summed E-state index contributed by atoms with van der Waals surface area (Å²) in [7, 11) is 0. The molecule has 2 rings (SSSR count). The summed E-state index contributed by atoms with van der Waals surface area (Å²) in [6.45, 7) is 8.78. The number of hydrogen-bond donors (Lipinski definition) is 1. The summed E-state index contributed by atoms with van der Waals surface area (Å²) in [4.78, 5) is 6.15. The second kappa shape index (κ2) is 3.23. The van der Waals surface area contributed by atoms with Crippen LogP contribution < -0.4 is 5.32 Å². The first-order valence-electron chi connectivity index (χ1n) is 5.23. The van der Waals surface area contributed by atoms with Crippen molar-refractivity contribution in [1.29, 1.82) is 0 Å². The van der Waals surface area contributed by atoms with Gasteiger partial charge in [0.25, 0.3) is 0 Å². The van der Waals surface area contributed by atoms with Crippen molar-refractivity contribution in [3.63, 3.8) is 0 Å². The maximum absolute atomic E-state index is 4.66. The van der Waals surface area contributed by atoms with Crippen LogP contribution in [0.4, 0.5) is 5.13 Å². The van der Waals surface area contributed by atoms with Crippen molar-refractivity contribution in [2.45, 2.75) is 52.0 Å². The molecular formula is C11H18N2S. The van der Waals surface area contributed by atoms with E-state index in [4.69, 9.17) is 0 Å². The highest BCUT2D eigenvalue weighted by atomic mass is 32.1. The summed E-state index contributed by atoms with van der Waals surface area (Å²) < 4.78 is 0. The molecule has 3 heteroatoms. The molecule has 0 saturated heterocycles. The van der Waals surface area contributed by atoms with Crippen molar-refractivity contribution in [2.24, 2.45) is 0 Å². The number of thiazole rings is 1. The quantitative estimate of drug-likeness (QED) is 0.768. The van der Waals surface area contributed by atoms with Gasteiger partial charge in [-0.05, 0) is 39.5 Å². The number of nitrogens with one attached hydrogen (secondary N) is 1. The number of nitrogens with zero attached hydrogens (tertiary/aromatic N) is 1. The molecule has 0 aliphatic heterocycles. The normalized spacial score (nSPS) is 21.0. The summed E-state index contributed by atoms with van der Waals surface area (Å²) in [6, 6.07) is 0. The van der Waals surface area contributed by atoms with Crippen LogP contribution in [0.3, 0.4) is 0 Å². The third kappa shape index (κ3) is 1.92. The van der Waals surface area contributed by atoms with Crippen molar-refractivity contribution in [1.82, 2.24) is 4.98 Å². The van der Waals surface area contributed by atoms with Gasteiger partial charge in [0.1, 0.15) is 0 Å². The Morgan fingerprint density at radius 1 is 1.43 bits per heavy atom. The van der Waals surface area contributed by atoms with E-state index in [1.165, 1.54) is 23.4 Å². The van der Waals surface area contributed by atoms with Crippen molar-refractivity contribution in [3.8, 4) is 0 Å². The Hall–Kier alpha value is -0.570. The average molecular weight is 210 g/mol. The van der Waals surface area contributed by atoms with Crippen LogP contribution in [0, 0.1) is 0 Å². The molecular weight excluding hydrogens is 192 g/mol.